The lowest BCUT2D eigenvalue weighted by atomic mass is 9.92. The Kier molecular flexibility index (Phi) is 12.8. The van der Waals surface area contributed by atoms with E-state index in [4.69, 9.17) is 24.2 Å². The van der Waals surface area contributed by atoms with Crippen LogP contribution in [-0.2, 0) is 25.6 Å². The Morgan fingerprint density at radius 1 is 0.938 bits per heavy atom. The van der Waals surface area contributed by atoms with Crippen molar-refractivity contribution < 1.29 is 47.2 Å². The Morgan fingerprint density at radius 2 is 1.70 bits per heavy atom. The van der Waals surface area contributed by atoms with Crippen LogP contribution in [0.15, 0.2) is 48.7 Å². The monoisotopic (exact) mass is 886 g/mol. The number of hydrogen-bond donors (Lipinski definition) is 5. The van der Waals surface area contributed by atoms with E-state index in [0.717, 1.165) is 62.9 Å². The van der Waals surface area contributed by atoms with Crippen LogP contribution in [0.5, 0.6) is 5.75 Å². The normalized spacial score (nSPS) is 21.2. The summed E-state index contributed by atoms with van der Waals surface area (Å²) in [6.45, 7) is 6.86. The third-order valence-electron chi connectivity index (χ3n) is 13.0. The maximum atomic E-state index is 14.1. The van der Waals surface area contributed by atoms with Gasteiger partial charge in [0.25, 0.3) is 0 Å². The minimum Gasteiger partial charge on any atom is -0.488 e. The van der Waals surface area contributed by atoms with Gasteiger partial charge in [-0.25, -0.2) is 19.6 Å². The molecule has 3 aromatic carbocycles. The molecule has 3 aliphatic rings. The number of nitrogens with zero attached hydrogens (tertiary/aromatic N) is 4. The van der Waals surface area contributed by atoms with Gasteiger partial charge in [-0.05, 0) is 84.4 Å². The molecular weight excluding hydrogens is 831 g/mol. The summed E-state index contributed by atoms with van der Waals surface area (Å²) < 4.78 is 46.9. The first-order valence-corrected chi connectivity index (χ1v) is 21.8. The molecule has 0 bridgehead atoms. The summed E-state index contributed by atoms with van der Waals surface area (Å²) in [5.74, 6) is 0.826. The SMILES string of the molecule is COC(=O)N[C@@H](C(C)C)C(O)N1[C@@H](C)CC[C@H]1c1ncc(-c2ccc3c(c2)COc2cc4c(ccc5[nH]c(C6C[C@H](COC(F)F)CN6C(=O)[C@@H](NC(=O)OC)C(C)C)nc54)cc2-3)[nH]1. The zero-order valence-corrected chi connectivity index (χ0v) is 37.0. The second-order valence-electron chi connectivity index (χ2n) is 17.8. The van der Waals surface area contributed by atoms with Gasteiger partial charge in [0.1, 0.15) is 36.3 Å². The highest BCUT2D eigenvalue weighted by molar-refractivity contribution is 6.07. The van der Waals surface area contributed by atoms with E-state index >= 15 is 0 Å². The lowest BCUT2D eigenvalue weighted by molar-refractivity contribution is -0.139. The Morgan fingerprint density at radius 3 is 2.42 bits per heavy atom. The minimum atomic E-state index is -2.94. The van der Waals surface area contributed by atoms with Gasteiger partial charge in [-0.1, -0.05) is 45.9 Å². The molecule has 5 N–H and O–H groups in total. The second kappa shape index (κ2) is 18.3. The third-order valence-corrected chi connectivity index (χ3v) is 13.0. The predicted molar refractivity (Wildman–Crippen MR) is 233 cm³/mol. The van der Waals surface area contributed by atoms with Crippen molar-refractivity contribution in [3.63, 3.8) is 0 Å². The number of aromatic nitrogens is 4. The molecule has 2 unspecified atom stereocenters. The number of benzene rings is 3. The van der Waals surface area contributed by atoms with E-state index in [1.807, 2.05) is 43.1 Å². The zero-order valence-electron chi connectivity index (χ0n) is 37.0. The lowest BCUT2D eigenvalue weighted by Crippen LogP contribution is -2.55. The van der Waals surface area contributed by atoms with Crippen LogP contribution in [0.2, 0.25) is 0 Å². The minimum absolute atomic E-state index is 0.0520. The van der Waals surface area contributed by atoms with E-state index in [1.165, 1.54) is 14.2 Å². The topological polar surface area (TPSA) is 196 Å². The van der Waals surface area contributed by atoms with Gasteiger partial charge in [-0.3, -0.25) is 9.69 Å². The van der Waals surface area contributed by atoms with Crippen molar-refractivity contribution in [2.24, 2.45) is 17.8 Å². The van der Waals surface area contributed by atoms with E-state index in [0.29, 0.717) is 30.1 Å². The second-order valence-corrected chi connectivity index (χ2v) is 17.8. The number of aromatic amines is 2. The number of imidazole rings is 2. The van der Waals surface area contributed by atoms with Crippen molar-refractivity contribution in [1.29, 1.82) is 0 Å². The fourth-order valence-corrected chi connectivity index (χ4v) is 9.61. The molecule has 18 heteroatoms. The number of carbonyl (C=O) groups excluding carboxylic acids is 3. The highest BCUT2D eigenvalue weighted by Gasteiger charge is 2.43. The molecule has 0 saturated carbocycles. The molecule has 3 aliphatic heterocycles. The summed E-state index contributed by atoms with van der Waals surface area (Å²) in [5, 5.41) is 18.8. The van der Waals surface area contributed by atoms with Crippen LogP contribution in [0.3, 0.4) is 0 Å². The summed E-state index contributed by atoms with van der Waals surface area (Å²) in [6, 6.07) is 12.0. The van der Waals surface area contributed by atoms with Gasteiger partial charge in [-0.2, -0.15) is 8.78 Å². The number of H-pyrrole nitrogens is 2. The molecule has 5 heterocycles. The molecule has 64 heavy (non-hydrogen) atoms. The maximum Gasteiger partial charge on any atom is 0.407 e. The summed E-state index contributed by atoms with van der Waals surface area (Å²) in [4.78, 5) is 58.7. The largest absolute Gasteiger partial charge is 0.488 e. The first-order valence-electron chi connectivity index (χ1n) is 21.8. The average Bonchev–Trinajstić information content (AvgIpc) is 4.10. The summed E-state index contributed by atoms with van der Waals surface area (Å²) in [6.07, 6.45) is 1.49. The molecular formula is C46H56F2N8O8. The Hall–Kier alpha value is -5.85. The molecule has 0 aliphatic carbocycles. The Labute approximate surface area is 369 Å². The number of amides is 3. The summed E-state index contributed by atoms with van der Waals surface area (Å²) in [5.41, 5.74) is 6.13. The molecule has 0 spiro atoms. The van der Waals surface area contributed by atoms with Gasteiger partial charge < -0.3 is 49.6 Å². The van der Waals surface area contributed by atoms with Crippen LogP contribution >= 0.6 is 0 Å². The van der Waals surface area contributed by atoms with Crippen molar-refractivity contribution in [3.8, 4) is 28.1 Å². The highest BCUT2D eigenvalue weighted by Crippen LogP contribution is 2.44. The molecule has 5 aromatic rings. The van der Waals surface area contributed by atoms with Crippen molar-refractivity contribution in [2.75, 3.05) is 27.4 Å². The molecule has 2 fully saturated rings. The molecule has 16 nitrogen and oxygen atoms in total. The molecule has 342 valence electrons. The highest BCUT2D eigenvalue weighted by atomic mass is 19.3. The number of rotatable bonds is 13. The number of ether oxygens (including phenoxy) is 4. The summed E-state index contributed by atoms with van der Waals surface area (Å²) >= 11 is 0. The molecule has 2 saturated heterocycles. The summed E-state index contributed by atoms with van der Waals surface area (Å²) in [7, 11) is 2.53. The standard InChI is InChI=1S/C46H56F2N8O8/c1-22(2)37(53-45(59)61-6)42(57)55-19-25(20-64-44(47)48)14-35(55)41-50-32-12-10-26-16-31-29-11-9-27(15-28(29)21-63-36(31)17-30(26)39(32)52-41)33-18-49-40(51-33)34-13-8-24(5)56(34)43(58)38(23(3)4)54-46(60)62-7/h9-12,15-18,22-25,34-35,37-38,43-44,58H,8,13-14,19-21H2,1-7H3,(H,49,51)(H,50,52)(H,53,59)(H,54,60)/t24-,25-,34-,35?,37-,38-,43?/m0/s1. The van der Waals surface area contributed by atoms with Gasteiger partial charge >= 0.3 is 18.8 Å². The number of hydrogen-bond acceptors (Lipinski definition) is 11. The van der Waals surface area contributed by atoms with Crippen molar-refractivity contribution in [3.05, 3.63) is 65.9 Å². The number of alkyl halides is 2. The van der Waals surface area contributed by atoms with Crippen LogP contribution in [0.1, 0.15) is 83.2 Å². The Balaban J connectivity index is 1.05. The molecule has 8 rings (SSSR count). The lowest BCUT2D eigenvalue weighted by Gasteiger charge is -2.38. The quantitative estimate of drug-likeness (QED) is 0.0791. The predicted octanol–water partition coefficient (Wildman–Crippen LogP) is 7.40. The van der Waals surface area contributed by atoms with Crippen LogP contribution in [0, 0.1) is 17.8 Å². The van der Waals surface area contributed by atoms with Crippen LogP contribution in [-0.4, -0.2) is 111 Å². The smallest absolute Gasteiger partial charge is 0.407 e. The third kappa shape index (κ3) is 8.69. The number of nitrogens with one attached hydrogen (secondary N) is 4. The van der Waals surface area contributed by atoms with Gasteiger partial charge in [0.15, 0.2) is 0 Å². The van der Waals surface area contributed by atoms with E-state index < -0.39 is 49.1 Å². The fraction of sp³-hybridized carbons (Fsp3) is 0.500. The molecule has 2 aromatic heterocycles. The van der Waals surface area contributed by atoms with E-state index in [1.54, 1.807) is 18.7 Å². The van der Waals surface area contributed by atoms with Gasteiger partial charge in [0.2, 0.25) is 5.91 Å². The van der Waals surface area contributed by atoms with Crippen molar-refractivity contribution in [1.82, 2.24) is 40.4 Å². The number of carbonyl (C=O) groups is 3. The number of likely N-dealkylation sites (tertiary alicyclic amines) is 2. The fourth-order valence-electron chi connectivity index (χ4n) is 9.61. The Bertz CT molecular complexity index is 2530. The average molecular weight is 887 g/mol. The zero-order chi connectivity index (χ0) is 45.6. The van der Waals surface area contributed by atoms with Crippen LogP contribution < -0.4 is 15.4 Å². The number of fused-ring (bicyclic) bond motifs is 6. The van der Waals surface area contributed by atoms with Crippen LogP contribution in [0.4, 0.5) is 18.4 Å². The molecule has 3 amide bonds. The van der Waals surface area contributed by atoms with E-state index in [-0.39, 0.29) is 43.0 Å². The van der Waals surface area contributed by atoms with E-state index in [9.17, 15) is 28.3 Å². The number of aliphatic hydroxyl groups excluding tert-OH is 1. The first kappa shape index (κ1) is 44.7. The van der Waals surface area contributed by atoms with Gasteiger partial charge in [-0.15, -0.1) is 0 Å². The van der Waals surface area contributed by atoms with Crippen molar-refractivity contribution >= 4 is 39.9 Å². The molecule has 0 radical (unpaired) electrons. The van der Waals surface area contributed by atoms with Crippen LogP contribution in [0.25, 0.3) is 44.2 Å². The van der Waals surface area contributed by atoms with E-state index in [2.05, 4.69) is 56.5 Å². The maximum absolute atomic E-state index is 14.1. The van der Waals surface area contributed by atoms with Gasteiger partial charge in [0, 0.05) is 29.5 Å². The number of alkyl carbamates (subject to hydrolysis) is 2. The number of methoxy groups -OCH3 is 2. The first-order chi connectivity index (χ1) is 30.6. The number of aliphatic hydroxyl groups is 1. The van der Waals surface area contributed by atoms with Gasteiger partial charge in [0.05, 0.1) is 61.9 Å². The van der Waals surface area contributed by atoms with Crippen molar-refractivity contribution in [2.45, 2.75) is 104 Å². The molecule has 7 atom stereocenters. The number of halogens is 2.